The molecule has 1 saturated heterocycles. The molecule has 0 saturated carbocycles. The minimum Gasteiger partial charge on any atom is -0.497 e. The van der Waals surface area contributed by atoms with Gasteiger partial charge in [-0.1, -0.05) is 30.8 Å². The van der Waals surface area contributed by atoms with Crippen molar-refractivity contribution in [2.75, 3.05) is 20.3 Å². The Bertz CT molecular complexity index is 1160. The molecule has 1 aliphatic rings. The lowest BCUT2D eigenvalue weighted by molar-refractivity contribution is -0.197. The van der Waals surface area contributed by atoms with Crippen molar-refractivity contribution in [1.82, 2.24) is 9.88 Å². The van der Waals surface area contributed by atoms with Crippen LogP contribution in [0.15, 0.2) is 73.6 Å². The predicted octanol–water partition coefficient (Wildman–Crippen LogP) is 3.37. The van der Waals surface area contributed by atoms with Crippen LogP contribution in [0, 0.1) is 0 Å². The van der Waals surface area contributed by atoms with E-state index in [1.807, 2.05) is 24.3 Å². The lowest BCUT2D eigenvalue weighted by Crippen LogP contribution is -2.54. The largest absolute Gasteiger partial charge is 0.497 e. The third kappa shape index (κ3) is 5.62. The van der Waals surface area contributed by atoms with Gasteiger partial charge in [0.25, 0.3) is 0 Å². The van der Waals surface area contributed by atoms with Crippen LogP contribution in [0.3, 0.4) is 0 Å². The summed E-state index contributed by atoms with van der Waals surface area (Å²) in [5, 5.41) is 24.4. The van der Waals surface area contributed by atoms with Crippen LogP contribution in [0.1, 0.15) is 24.8 Å². The summed E-state index contributed by atoms with van der Waals surface area (Å²) in [5.74, 6) is 0.762. The Hall–Kier alpha value is -3.46. The fourth-order valence-corrected chi connectivity index (χ4v) is 4.45. The first-order valence-corrected chi connectivity index (χ1v) is 11.5. The zero-order chi connectivity index (χ0) is 24.8. The summed E-state index contributed by atoms with van der Waals surface area (Å²) in [4.78, 5) is 18.1. The van der Waals surface area contributed by atoms with Gasteiger partial charge < -0.3 is 24.4 Å². The van der Waals surface area contributed by atoms with E-state index < -0.39 is 24.0 Å². The number of aliphatic hydroxyl groups excluding tert-OH is 1. The summed E-state index contributed by atoms with van der Waals surface area (Å²) in [5.41, 5.74) is -0.609. The van der Waals surface area contributed by atoms with Gasteiger partial charge in [-0.25, -0.2) is 9.69 Å². The Kier molecular flexibility index (Phi) is 7.65. The number of methoxy groups -OCH3 is 1. The van der Waals surface area contributed by atoms with Crippen molar-refractivity contribution in [3.8, 4) is 11.5 Å². The Morgan fingerprint density at radius 1 is 1.23 bits per heavy atom. The average Bonchev–Trinajstić information content (AvgIpc) is 2.88. The molecule has 0 amide bonds. The molecule has 2 unspecified atom stereocenters. The molecule has 8 nitrogen and oxygen atoms in total. The topological polar surface area (TPSA) is 101 Å². The van der Waals surface area contributed by atoms with Gasteiger partial charge in [0.15, 0.2) is 6.23 Å². The van der Waals surface area contributed by atoms with Crippen molar-refractivity contribution >= 4 is 16.7 Å². The first-order valence-electron chi connectivity index (χ1n) is 11.5. The quantitative estimate of drug-likeness (QED) is 0.357. The van der Waals surface area contributed by atoms with Gasteiger partial charge in [0.1, 0.15) is 17.7 Å². The molecule has 3 aromatic rings. The van der Waals surface area contributed by atoms with E-state index in [2.05, 4.69) is 11.6 Å². The second-order valence-corrected chi connectivity index (χ2v) is 8.52. The summed E-state index contributed by atoms with van der Waals surface area (Å²) in [7, 11) is 1.60. The fraction of sp³-hybridized carbons (Fsp3) is 0.333. The summed E-state index contributed by atoms with van der Waals surface area (Å²) in [6.07, 6.45) is 3.38. The van der Waals surface area contributed by atoms with Gasteiger partial charge >= 0.3 is 5.97 Å². The van der Waals surface area contributed by atoms with Crippen molar-refractivity contribution < 1.29 is 29.2 Å². The molecule has 1 fully saturated rings. The lowest BCUT2D eigenvalue weighted by Gasteiger charge is -2.45. The van der Waals surface area contributed by atoms with Crippen molar-refractivity contribution in [3.63, 3.8) is 0 Å². The van der Waals surface area contributed by atoms with Gasteiger partial charge in [0.2, 0.25) is 0 Å². The molecule has 0 spiro atoms. The van der Waals surface area contributed by atoms with E-state index in [4.69, 9.17) is 14.2 Å². The molecule has 2 N–H and O–H groups in total. The Labute approximate surface area is 204 Å². The molecule has 0 bridgehead atoms. The molecule has 184 valence electrons. The number of aliphatic hydroxyl groups is 2. The summed E-state index contributed by atoms with van der Waals surface area (Å²) >= 11 is 0. The van der Waals surface area contributed by atoms with Gasteiger partial charge in [0, 0.05) is 48.8 Å². The fourth-order valence-electron chi connectivity index (χ4n) is 4.45. The van der Waals surface area contributed by atoms with E-state index in [1.165, 1.54) is 0 Å². The summed E-state index contributed by atoms with van der Waals surface area (Å²) in [6.45, 7) is 4.03. The van der Waals surface area contributed by atoms with Gasteiger partial charge in [-0.2, -0.15) is 0 Å². The number of piperidine rings is 1. The number of pyridine rings is 1. The number of nitrogens with zero attached hydrogens (tertiary/aromatic N) is 2. The number of carbonyl (C=O) groups excluding carboxylic acids is 1. The molecule has 0 radical (unpaired) electrons. The minimum absolute atomic E-state index is 0.0820. The first kappa shape index (κ1) is 24.7. The number of esters is 1. The lowest BCUT2D eigenvalue weighted by atomic mass is 9.82. The number of likely N-dealkylation sites (tertiary alicyclic amines) is 1. The van der Waals surface area contributed by atoms with Crippen LogP contribution in [0.4, 0.5) is 0 Å². The van der Waals surface area contributed by atoms with E-state index in [9.17, 15) is 15.0 Å². The van der Waals surface area contributed by atoms with Crippen molar-refractivity contribution in [3.05, 3.63) is 79.1 Å². The third-order valence-corrected chi connectivity index (χ3v) is 6.34. The van der Waals surface area contributed by atoms with Crippen LogP contribution in [-0.2, 0) is 15.1 Å². The minimum atomic E-state index is -1.28. The highest BCUT2D eigenvalue weighted by Gasteiger charge is 2.44. The van der Waals surface area contributed by atoms with Crippen molar-refractivity contribution in [1.29, 1.82) is 0 Å². The number of rotatable bonds is 9. The van der Waals surface area contributed by atoms with E-state index in [0.29, 0.717) is 24.3 Å². The average molecular weight is 479 g/mol. The van der Waals surface area contributed by atoms with Crippen molar-refractivity contribution in [2.45, 2.75) is 37.3 Å². The van der Waals surface area contributed by atoms with Crippen LogP contribution < -0.4 is 9.47 Å². The zero-order valence-electron chi connectivity index (χ0n) is 19.7. The van der Waals surface area contributed by atoms with E-state index in [0.717, 1.165) is 22.6 Å². The van der Waals surface area contributed by atoms with E-state index in [-0.39, 0.29) is 19.4 Å². The van der Waals surface area contributed by atoms with Crippen LogP contribution in [0.25, 0.3) is 10.8 Å². The molecule has 0 aliphatic carbocycles. The zero-order valence-corrected chi connectivity index (χ0v) is 19.7. The molecule has 1 aliphatic heterocycles. The maximum Gasteiger partial charge on any atom is 0.331 e. The highest BCUT2D eigenvalue weighted by Crippen LogP contribution is 2.40. The van der Waals surface area contributed by atoms with Gasteiger partial charge in [0.05, 0.1) is 19.3 Å². The smallest absolute Gasteiger partial charge is 0.331 e. The number of carbonyl (C=O) groups is 1. The highest BCUT2D eigenvalue weighted by atomic mass is 16.6. The number of hydrogen-bond donors (Lipinski definition) is 2. The standard InChI is InChI=1S/C27H30N2O6/c1-3-26(31)35-25-16-27(32,23-18-28-17-19-6-4-5-7-22(19)23)13-14-29(25)24(30)12-15-34-21-10-8-20(33-2)9-11-21/h3-11,17-18,24-25,30,32H,1,12-16H2,2H3/t24-,25?,27?/m0/s1. The number of aromatic nitrogens is 1. The number of ether oxygens (including phenoxy) is 3. The first-order chi connectivity index (χ1) is 16.9. The Morgan fingerprint density at radius 3 is 2.71 bits per heavy atom. The van der Waals surface area contributed by atoms with Crippen molar-refractivity contribution in [2.24, 2.45) is 0 Å². The Morgan fingerprint density at radius 2 is 1.97 bits per heavy atom. The molecule has 8 heteroatoms. The molecule has 35 heavy (non-hydrogen) atoms. The summed E-state index contributed by atoms with van der Waals surface area (Å²) in [6, 6.07) is 14.9. The summed E-state index contributed by atoms with van der Waals surface area (Å²) < 4.78 is 16.4. The second kappa shape index (κ2) is 10.9. The monoisotopic (exact) mass is 478 g/mol. The number of fused-ring (bicyclic) bond motifs is 1. The van der Waals surface area contributed by atoms with Gasteiger partial charge in [-0.15, -0.1) is 0 Å². The number of hydrogen-bond acceptors (Lipinski definition) is 8. The van der Waals surface area contributed by atoms with Gasteiger partial charge in [-0.05, 0) is 36.1 Å². The Balaban J connectivity index is 1.47. The SMILES string of the molecule is C=CC(=O)OC1CC(O)(c2cncc3ccccc23)CCN1[C@@H](O)CCOc1ccc(OC)cc1. The molecule has 1 aromatic heterocycles. The van der Waals surface area contributed by atoms with Crippen LogP contribution in [-0.4, -0.2) is 58.8 Å². The van der Waals surface area contributed by atoms with Crippen LogP contribution >= 0.6 is 0 Å². The van der Waals surface area contributed by atoms with Gasteiger partial charge in [-0.3, -0.25) is 4.98 Å². The number of benzene rings is 2. The predicted molar refractivity (Wildman–Crippen MR) is 131 cm³/mol. The molecule has 3 atom stereocenters. The van der Waals surface area contributed by atoms with E-state index >= 15 is 0 Å². The van der Waals surface area contributed by atoms with Crippen LogP contribution in [0.2, 0.25) is 0 Å². The normalized spacial score (nSPS) is 21.3. The maximum atomic E-state index is 12.1. The maximum absolute atomic E-state index is 12.1. The molecule has 2 heterocycles. The molecule has 2 aromatic carbocycles. The van der Waals surface area contributed by atoms with Crippen LogP contribution in [0.5, 0.6) is 11.5 Å². The highest BCUT2D eigenvalue weighted by molar-refractivity contribution is 5.85. The molecular formula is C27H30N2O6. The second-order valence-electron chi connectivity index (χ2n) is 8.52. The third-order valence-electron chi connectivity index (χ3n) is 6.34. The molecule has 4 rings (SSSR count). The molecular weight excluding hydrogens is 448 g/mol. The van der Waals surface area contributed by atoms with E-state index in [1.54, 1.807) is 48.7 Å².